The number of benzene rings is 1. The highest BCUT2D eigenvalue weighted by Gasteiger charge is 2.18. The van der Waals surface area contributed by atoms with E-state index in [1.165, 1.54) is 23.1 Å². The molecular weight excluding hydrogens is 342 g/mol. The van der Waals surface area contributed by atoms with Crippen LogP contribution in [0.1, 0.15) is 29.3 Å². The van der Waals surface area contributed by atoms with Gasteiger partial charge in [-0.25, -0.2) is 9.67 Å². The predicted octanol–water partition coefficient (Wildman–Crippen LogP) is 2.67. The topological polar surface area (TPSA) is 91.2 Å². The number of ether oxygens (including phenoxy) is 2. The normalized spacial score (nSPS) is 11.8. The van der Waals surface area contributed by atoms with Crippen LogP contribution < -0.4 is 14.8 Å². The van der Waals surface area contributed by atoms with Crippen LogP contribution in [0.4, 0.5) is 5.13 Å². The number of carbonyl (C=O) groups excluding carboxylic acids is 1. The van der Waals surface area contributed by atoms with Crippen LogP contribution in [-0.4, -0.2) is 32.8 Å². The number of amides is 1. The third-order valence-corrected chi connectivity index (χ3v) is 4.10. The third kappa shape index (κ3) is 3.94. The molecule has 1 atom stereocenters. The average Bonchev–Trinajstić information content (AvgIpc) is 3.22. The predicted molar refractivity (Wildman–Crippen MR) is 93.1 cm³/mol. The summed E-state index contributed by atoms with van der Waals surface area (Å²) in [6.45, 7) is 1.90. The lowest BCUT2D eigenvalue weighted by Crippen LogP contribution is -2.14. The van der Waals surface area contributed by atoms with E-state index in [1.54, 1.807) is 7.05 Å². The van der Waals surface area contributed by atoms with Gasteiger partial charge >= 0.3 is 6.01 Å². The molecule has 1 N–H and O–H groups in total. The summed E-state index contributed by atoms with van der Waals surface area (Å²) in [5, 5.41) is 8.97. The molecule has 0 aliphatic carbocycles. The van der Waals surface area contributed by atoms with Crippen molar-refractivity contribution in [3.8, 4) is 11.8 Å². The number of carbonyl (C=O) groups is 1. The summed E-state index contributed by atoms with van der Waals surface area (Å²) >= 11 is 1.31. The summed E-state index contributed by atoms with van der Waals surface area (Å²) < 4.78 is 12.2. The minimum Gasteiger partial charge on any atom is -0.484 e. The second kappa shape index (κ2) is 7.31. The molecule has 130 valence electrons. The second-order valence-electron chi connectivity index (χ2n) is 5.15. The van der Waals surface area contributed by atoms with Crippen LogP contribution in [0.15, 0.2) is 35.7 Å². The van der Waals surface area contributed by atoms with Gasteiger partial charge in [-0.15, -0.1) is 16.4 Å². The quantitative estimate of drug-likeness (QED) is 0.727. The molecule has 1 amide bonds. The first-order valence-corrected chi connectivity index (χ1v) is 8.38. The first-order chi connectivity index (χ1) is 12.1. The first-order valence-electron chi connectivity index (χ1n) is 7.50. The summed E-state index contributed by atoms with van der Waals surface area (Å²) in [6, 6.07) is 9.76. The Morgan fingerprint density at radius 1 is 1.28 bits per heavy atom. The maximum absolute atomic E-state index is 12.2. The highest BCUT2D eigenvalue weighted by atomic mass is 32.1. The van der Waals surface area contributed by atoms with Crippen LogP contribution in [0, 0.1) is 0 Å². The molecule has 0 aliphatic rings. The average molecular weight is 359 g/mol. The van der Waals surface area contributed by atoms with Gasteiger partial charge in [0.1, 0.15) is 11.9 Å². The fraction of sp³-hybridized carbons (Fsp3) is 0.250. The van der Waals surface area contributed by atoms with Crippen molar-refractivity contribution in [3.05, 3.63) is 47.2 Å². The molecule has 8 nitrogen and oxygen atoms in total. The third-order valence-electron chi connectivity index (χ3n) is 3.32. The van der Waals surface area contributed by atoms with Crippen molar-refractivity contribution in [1.82, 2.24) is 19.7 Å². The minimum atomic E-state index is -0.448. The van der Waals surface area contributed by atoms with Gasteiger partial charge < -0.3 is 9.47 Å². The lowest BCUT2D eigenvalue weighted by Gasteiger charge is -2.12. The molecule has 0 bridgehead atoms. The van der Waals surface area contributed by atoms with E-state index < -0.39 is 5.91 Å². The summed E-state index contributed by atoms with van der Waals surface area (Å²) in [7, 11) is 3.11. The summed E-state index contributed by atoms with van der Waals surface area (Å²) in [6.07, 6.45) is -0.239. The molecular formula is C16H17N5O3S. The zero-order valence-electron chi connectivity index (χ0n) is 14.0. The second-order valence-corrected chi connectivity index (χ2v) is 6.01. The highest BCUT2D eigenvalue weighted by molar-refractivity contribution is 7.14. The van der Waals surface area contributed by atoms with Crippen molar-refractivity contribution >= 4 is 22.4 Å². The molecule has 1 aromatic carbocycles. The summed E-state index contributed by atoms with van der Waals surface area (Å²) in [5.41, 5.74) is 0.732. The van der Waals surface area contributed by atoms with Gasteiger partial charge in [-0.1, -0.05) is 18.2 Å². The van der Waals surface area contributed by atoms with Gasteiger partial charge in [-0.3, -0.25) is 10.1 Å². The molecule has 0 saturated heterocycles. The number of hydrogen-bond donors (Lipinski definition) is 1. The molecule has 0 fully saturated rings. The molecule has 25 heavy (non-hydrogen) atoms. The maximum Gasteiger partial charge on any atom is 0.314 e. The van der Waals surface area contributed by atoms with E-state index in [0.29, 0.717) is 5.13 Å². The Morgan fingerprint density at radius 3 is 2.72 bits per heavy atom. The fourth-order valence-corrected chi connectivity index (χ4v) is 2.88. The van der Waals surface area contributed by atoms with Gasteiger partial charge in [-0.2, -0.15) is 4.98 Å². The monoisotopic (exact) mass is 359 g/mol. The largest absolute Gasteiger partial charge is 0.484 e. The van der Waals surface area contributed by atoms with Crippen LogP contribution in [-0.2, 0) is 7.05 Å². The van der Waals surface area contributed by atoms with E-state index in [2.05, 4.69) is 20.4 Å². The minimum absolute atomic E-state index is 0.0182. The van der Waals surface area contributed by atoms with Gasteiger partial charge in [0.05, 0.1) is 12.8 Å². The Balaban J connectivity index is 1.65. The van der Waals surface area contributed by atoms with Crippen molar-refractivity contribution in [2.45, 2.75) is 13.0 Å². The van der Waals surface area contributed by atoms with E-state index in [4.69, 9.17) is 9.47 Å². The molecule has 2 aromatic heterocycles. The number of aryl methyl sites for hydroxylation is 1. The molecule has 3 rings (SSSR count). The molecule has 9 heteroatoms. The maximum atomic E-state index is 12.2. The number of hydrogen-bond acceptors (Lipinski definition) is 7. The number of para-hydroxylation sites is 1. The Bertz CT molecular complexity index is 862. The van der Waals surface area contributed by atoms with Crippen molar-refractivity contribution in [3.63, 3.8) is 0 Å². The van der Waals surface area contributed by atoms with Crippen molar-refractivity contribution in [2.75, 3.05) is 12.4 Å². The Hall–Kier alpha value is -2.94. The molecule has 0 radical (unpaired) electrons. The Labute approximate surface area is 148 Å². The van der Waals surface area contributed by atoms with Gasteiger partial charge in [0.25, 0.3) is 5.91 Å². The number of rotatable bonds is 6. The molecule has 0 spiro atoms. The van der Waals surface area contributed by atoms with Crippen LogP contribution in [0.2, 0.25) is 0 Å². The van der Waals surface area contributed by atoms with Crippen molar-refractivity contribution in [2.24, 2.45) is 7.05 Å². The van der Waals surface area contributed by atoms with E-state index in [0.717, 1.165) is 11.4 Å². The van der Waals surface area contributed by atoms with Gasteiger partial charge in [0, 0.05) is 12.4 Å². The van der Waals surface area contributed by atoms with Crippen molar-refractivity contribution < 1.29 is 14.3 Å². The molecule has 0 saturated carbocycles. The smallest absolute Gasteiger partial charge is 0.314 e. The number of nitrogens with zero attached hydrogens (tertiary/aromatic N) is 4. The number of nitrogens with one attached hydrogen (secondary N) is 1. The molecule has 3 aromatic rings. The standard InChI is InChI=1S/C16H17N5O3S/c1-10(24-11-7-5-4-6-8-11)12-9-25-15(17-12)19-14(22)13-18-16(23-3)21(2)20-13/h4-10H,1-3H3,(H,17,19,22). The van der Waals surface area contributed by atoms with E-state index in [-0.39, 0.29) is 17.9 Å². The zero-order valence-corrected chi connectivity index (χ0v) is 14.8. The summed E-state index contributed by atoms with van der Waals surface area (Å²) in [5.74, 6) is 0.333. The van der Waals surface area contributed by atoms with Crippen LogP contribution >= 0.6 is 11.3 Å². The lowest BCUT2D eigenvalue weighted by atomic mass is 10.3. The zero-order chi connectivity index (χ0) is 17.8. The van der Waals surface area contributed by atoms with E-state index in [1.807, 2.05) is 42.6 Å². The van der Waals surface area contributed by atoms with Gasteiger partial charge in [0.2, 0.25) is 5.82 Å². The highest BCUT2D eigenvalue weighted by Crippen LogP contribution is 2.25. The Morgan fingerprint density at radius 2 is 2.04 bits per heavy atom. The van der Waals surface area contributed by atoms with Crippen LogP contribution in [0.25, 0.3) is 0 Å². The first kappa shape index (κ1) is 16.9. The molecule has 1 unspecified atom stereocenters. The van der Waals surface area contributed by atoms with Gasteiger partial charge in [-0.05, 0) is 19.1 Å². The lowest BCUT2D eigenvalue weighted by molar-refractivity contribution is 0.101. The number of aromatic nitrogens is 4. The summed E-state index contributed by atoms with van der Waals surface area (Å²) in [4.78, 5) is 20.6. The molecule has 0 aliphatic heterocycles. The number of methoxy groups -OCH3 is 1. The van der Waals surface area contributed by atoms with E-state index >= 15 is 0 Å². The van der Waals surface area contributed by atoms with Gasteiger partial charge in [0.15, 0.2) is 5.13 Å². The SMILES string of the molecule is COc1nc(C(=O)Nc2nc(C(C)Oc3ccccc3)cs2)nn1C. The van der Waals surface area contributed by atoms with Crippen molar-refractivity contribution in [1.29, 1.82) is 0 Å². The van der Waals surface area contributed by atoms with Crippen LogP contribution in [0.3, 0.4) is 0 Å². The number of thiazole rings is 1. The number of anilines is 1. The van der Waals surface area contributed by atoms with E-state index in [9.17, 15) is 4.79 Å². The fourth-order valence-electron chi connectivity index (χ4n) is 2.09. The Kier molecular flexibility index (Phi) is 4.94. The molecule has 2 heterocycles. The van der Waals surface area contributed by atoms with Crippen LogP contribution in [0.5, 0.6) is 11.8 Å².